The van der Waals surface area contributed by atoms with Crippen LogP contribution in [0.2, 0.25) is 0 Å². The van der Waals surface area contributed by atoms with Crippen molar-refractivity contribution in [3.63, 3.8) is 0 Å². The standard InChI is InChI=1S/C18H15ClO3S/c19-23(16-7-1-13(20)2-8-16,17-9-3-14(21)4-10-17)18-11-5-15(22)6-12-18/h1-12,20-22H. The average Bonchev–Trinajstić information content (AvgIpc) is 2.56. The Hall–Kier alpha value is -2.30. The quantitative estimate of drug-likeness (QED) is 0.607. The molecule has 0 saturated heterocycles. The molecule has 3 aromatic rings. The van der Waals surface area contributed by atoms with Crippen LogP contribution in [0.25, 0.3) is 0 Å². The van der Waals surface area contributed by atoms with E-state index in [4.69, 9.17) is 10.7 Å². The van der Waals surface area contributed by atoms with Crippen molar-refractivity contribution in [1.82, 2.24) is 0 Å². The summed E-state index contributed by atoms with van der Waals surface area (Å²) < 4.78 is 0. The highest BCUT2D eigenvalue weighted by Crippen LogP contribution is 2.72. The predicted molar refractivity (Wildman–Crippen MR) is 92.6 cm³/mol. The highest BCUT2D eigenvalue weighted by Gasteiger charge is 2.29. The molecule has 0 bridgehead atoms. The van der Waals surface area contributed by atoms with Crippen molar-refractivity contribution in [2.45, 2.75) is 14.7 Å². The summed E-state index contributed by atoms with van der Waals surface area (Å²) in [7, 11) is 5.02. The first-order valence-electron chi connectivity index (χ1n) is 6.90. The van der Waals surface area contributed by atoms with Crippen molar-refractivity contribution in [2.75, 3.05) is 0 Å². The SMILES string of the molecule is Oc1ccc(S(Cl)(c2ccc(O)cc2)c2ccc(O)cc2)cc1. The summed E-state index contributed by atoms with van der Waals surface area (Å²) in [6.45, 7) is 0. The molecule has 0 radical (unpaired) electrons. The molecule has 0 fully saturated rings. The zero-order valence-electron chi connectivity index (χ0n) is 12.1. The summed E-state index contributed by atoms with van der Waals surface area (Å²) in [6, 6.07) is 20.3. The van der Waals surface area contributed by atoms with Gasteiger partial charge >= 0.3 is 0 Å². The first kappa shape index (κ1) is 15.6. The zero-order valence-corrected chi connectivity index (χ0v) is 13.6. The summed E-state index contributed by atoms with van der Waals surface area (Å²) in [4.78, 5) is 2.56. The van der Waals surface area contributed by atoms with Crippen molar-refractivity contribution < 1.29 is 15.3 Å². The van der Waals surface area contributed by atoms with Gasteiger partial charge in [-0.1, -0.05) is 19.9 Å². The van der Waals surface area contributed by atoms with Crippen LogP contribution in [0.3, 0.4) is 0 Å². The molecule has 3 N–H and O–H groups in total. The molecule has 0 aliphatic rings. The lowest BCUT2D eigenvalue weighted by molar-refractivity contribution is 0.474. The third-order valence-corrected chi connectivity index (χ3v) is 7.85. The first-order valence-corrected chi connectivity index (χ1v) is 9.36. The number of phenolic OH excluding ortho intramolecular Hbond substituents is 3. The van der Waals surface area contributed by atoms with Gasteiger partial charge < -0.3 is 15.3 Å². The largest absolute Gasteiger partial charge is 0.508 e. The molecule has 3 aromatic carbocycles. The Morgan fingerprint density at radius 1 is 0.478 bits per heavy atom. The summed E-state index contributed by atoms with van der Waals surface area (Å²) in [5.41, 5.74) is 0. The number of aromatic hydroxyl groups is 3. The van der Waals surface area contributed by atoms with Gasteiger partial charge in [0.1, 0.15) is 17.2 Å². The maximum Gasteiger partial charge on any atom is 0.115 e. The first-order chi connectivity index (χ1) is 11.0. The monoisotopic (exact) mass is 346 g/mol. The fourth-order valence-corrected chi connectivity index (χ4v) is 5.58. The lowest BCUT2D eigenvalue weighted by Gasteiger charge is -2.34. The molecule has 0 aliphatic heterocycles. The van der Waals surface area contributed by atoms with Gasteiger partial charge in [-0.15, -0.1) is 0 Å². The van der Waals surface area contributed by atoms with Crippen LogP contribution in [0.4, 0.5) is 0 Å². The van der Waals surface area contributed by atoms with Gasteiger partial charge in [0.25, 0.3) is 0 Å². The van der Waals surface area contributed by atoms with Gasteiger partial charge in [0.2, 0.25) is 0 Å². The van der Waals surface area contributed by atoms with E-state index in [1.165, 1.54) is 0 Å². The fourth-order valence-electron chi connectivity index (χ4n) is 2.31. The second kappa shape index (κ2) is 6.07. The maximum atomic E-state index is 9.54. The lowest BCUT2D eigenvalue weighted by Crippen LogP contribution is -1.96. The van der Waals surface area contributed by atoms with Gasteiger partial charge in [-0.05, 0) is 72.8 Å². The summed E-state index contributed by atoms with van der Waals surface area (Å²) in [6.07, 6.45) is 0. The molecule has 0 spiro atoms. The Balaban J connectivity index is 2.21. The van der Waals surface area contributed by atoms with E-state index in [0.29, 0.717) is 0 Å². The topological polar surface area (TPSA) is 60.7 Å². The normalized spacial score (nSPS) is 12.0. The molecule has 0 atom stereocenters. The third-order valence-electron chi connectivity index (χ3n) is 3.48. The minimum absolute atomic E-state index is 0.170. The third kappa shape index (κ3) is 2.96. The van der Waals surface area contributed by atoms with Crippen molar-refractivity contribution in [3.05, 3.63) is 72.8 Å². The Morgan fingerprint density at radius 3 is 0.913 bits per heavy atom. The van der Waals surface area contributed by atoms with Gasteiger partial charge in [0, 0.05) is 14.7 Å². The van der Waals surface area contributed by atoms with E-state index in [2.05, 4.69) is 0 Å². The number of hydrogen-bond acceptors (Lipinski definition) is 3. The zero-order chi connectivity index (χ0) is 16.4. The van der Waals surface area contributed by atoms with Crippen LogP contribution in [0.5, 0.6) is 17.2 Å². The van der Waals surface area contributed by atoms with Crippen LogP contribution in [0.15, 0.2) is 87.5 Å². The Kier molecular flexibility index (Phi) is 4.11. The summed E-state index contributed by atoms with van der Waals surface area (Å²) in [5.74, 6) is 0.510. The molecular weight excluding hydrogens is 332 g/mol. The number of rotatable bonds is 3. The number of benzene rings is 3. The van der Waals surface area contributed by atoms with Crippen LogP contribution < -0.4 is 0 Å². The smallest absolute Gasteiger partial charge is 0.115 e. The number of halogens is 1. The molecule has 118 valence electrons. The molecule has 0 aromatic heterocycles. The van der Waals surface area contributed by atoms with Crippen molar-refractivity contribution in [1.29, 1.82) is 0 Å². The van der Waals surface area contributed by atoms with E-state index < -0.39 is 9.24 Å². The van der Waals surface area contributed by atoms with Crippen LogP contribution >= 0.6 is 19.9 Å². The van der Waals surface area contributed by atoms with Crippen LogP contribution in [-0.4, -0.2) is 15.3 Å². The molecule has 0 saturated carbocycles. The molecule has 0 aliphatic carbocycles. The van der Waals surface area contributed by atoms with E-state index in [1.807, 2.05) is 0 Å². The van der Waals surface area contributed by atoms with E-state index in [-0.39, 0.29) is 17.2 Å². The van der Waals surface area contributed by atoms with Gasteiger partial charge in [-0.2, -0.15) is 0 Å². The van der Waals surface area contributed by atoms with E-state index in [9.17, 15) is 15.3 Å². The van der Waals surface area contributed by atoms with Crippen molar-refractivity contribution in [2.24, 2.45) is 0 Å². The summed E-state index contributed by atoms with van der Waals surface area (Å²) >= 11 is 0. The Morgan fingerprint density at radius 2 is 0.696 bits per heavy atom. The second-order valence-corrected chi connectivity index (χ2v) is 8.90. The second-order valence-electron chi connectivity index (χ2n) is 5.02. The van der Waals surface area contributed by atoms with E-state index in [0.717, 1.165) is 14.7 Å². The van der Waals surface area contributed by atoms with E-state index >= 15 is 0 Å². The Bertz CT molecular complexity index is 688. The van der Waals surface area contributed by atoms with Crippen molar-refractivity contribution >= 4 is 19.9 Å². The van der Waals surface area contributed by atoms with Crippen LogP contribution in [-0.2, 0) is 0 Å². The lowest BCUT2D eigenvalue weighted by atomic mass is 10.3. The molecule has 3 nitrogen and oxygen atoms in total. The minimum atomic E-state index is -2.09. The molecule has 23 heavy (non-hydrogen) atoms. The van der Waals surface area contributed by atoms with Gasteiger partial charge in [-0.25, -0.2) is 0 Å². The Labute approximate surface area is 140 Å². The van der Waals surface area contributed by atoms with Crippen molar-refractivity contribution in [3.8, 4) is 17.2 Å². The highest BCUT2D eigenvalue weighted by atomic mass is 35.7. The molecule has 0 heterocycles. The molecule has 0 amide bonds. The van der Waals surface area contributed by atoms with E-state index in [1.54, 1.807) is 72.8 Å². The molecule has 3 rings (SSSR count). The molecule has 0 unspecified atom stereocenters. The average molecular weight is 347 g/mol. The molecular formula is C18H15ClO3S. The van der Waals surface area contributed by atoms with Crippen LogP contribution in [0, 0.1) is 0 Å². The van der Waals surface area contributed by atoms with Gasteiger partial charge in [0.05, 0.1) is 0 Å². The fraction of sp³-hybridized carbons (Fsp3) is 0. The maximum absolute atomic E-state index is 9.54. The predicted octanol–water partition coefficient (Wildman–Crippen LogP) is 5.24. The minimum Gasteiger partial charge on any atom is -0.508 e. The highest BCUT2D eigenvalue weighted by molar-refractivity contribution is 8.51. The molecule has 5 heteroatoms. The summed E-state index contributed by atoms with van der Waals surface area (Å²) in [5, 5.41) is 28.6. The number of phenols is 3. The van der Waals surface area contributed by atoms with Gasteiger partial charge in [0.15, 0.2) is 0 Å². The number of hydrogen-bond donors (Lipinski definition) is 3. The van der Waals surface area contributed by atoms with Gasteiger partial charge in [-0.3, -0.25) is 0 Å². The van der Waals surface area contributed by atoms with Crippen LogP contribution in [0.1, 0.15) is 0 Å².